The van der Waals surface area contributed by atoms with Crippen molar-refractivity contribution in [3.05, 3.63) is 0 Å². The number of amides is 2. The molecule has 0 saturated heterocycles. The van der Waals surface area contributed by atoms with E-state index in [9.17, 15) is 9.59 Å². The molecule has 3 N–H and O–H groups in total. The Balaban J connectivity index is 4.03. The Morgan fingerprint density at radius 1 is 1.33 bits per heavy atom. The van der Waals surface area contributed by atoms with E-state index in [1.165, 1.54) is 0 Å². The van der Waals surface area contributed by atoms with Crippen LogP contribution in [0.2, 0.25) is 0 Å². The highest BCUT2D eigenvalue weighted by Crippen LogP contribution is 2.23. The Morgan fingerprint density at radius 2 is 1.83 bits per heavy atom. The number of carbonyl (C=O) groups is 2. The smallest absolute Gasteiger partial charge is 0.220 e. The molecule has 0 aliphatic rings. The summed E-state index contributed by atoms with van der Waals surface area (Å²) in [5, 5.41) is 2.50. The highest BCUT2D eigenvalue weighted by Gasteiger charge is 2.23. The molecule has 0 radical (unpaired) electrons. The quantitative estimate of drug-likeness (QED) is 0.627. The molecule has 12 heavy (non-hydrogen) atoms. The van der Waals surface area contributed by atoms with Crippen molar-refractivity contribution in [3.8, 4) is 0 Å². The van der Waals surface area contributed by atoms with Gasteiger partial charge in [0.15, 0.2) is 0 Å². The lowest BCUT2D eigenvalue weighted by Gasteiger charge is -2.21. The normalized spacial score (nSPS) is 10.9. The lowest BCUT2D eigenvalue weighted by Crippen LogP contribution is -2.29. The van der Waals surface area contributed by atoms with E-state index in [-0.39, 0.29) is 23.7 Å². The summed E-state index contributed by atoms with van der Waals surface area (Å²) in [4.78, 5) is 21.5. The van der Waals surface area contributed by atoms with Crippen LogP contribution in [0, 0.1) is 5.41 Å². The van der Waals surface area contributed by atoms with Gasteiger partial charge in [0.2, 0.25) is 11.8 Å². The van der Waals surface area contributed by atoms with E-state index >= 15 is 0 Å². The molecule has 0 heterocycles. The molecule has 70 valence electrons. The van der Waals surface area contributed by atoms with E-state index in [1.54, 1.807) is 7.05 Å². The molecule has 4 heteroatoms. The lowest BCUT2D eigenvalue weighted by atomic mass is 9.85. The first kappa shape index (κ1) is 10.9. The molecule has 0 rings (SSSR count). The summed E-state index contributed by atoms with van der Waals surface area (Å²) >= 11 is 0. The van der Waals surface area contributed by atoms with Crippen LogP contribution >= 0.6 is 0 Å². The van der Waals surface area contributed by atoms with Crippen molar-refractivity contribution in [3.63, 3.8) is 0 Å². The maximum absolute atomic E-state index is 10.9. The van der Waals surface area contributed by atoms with E-state index in [0.717, 1.165) is 0 Å². The number of carbonyl (C=O) groups excluding carboxylic acids is 2. The molecule has 0 atom stereocenters. The van der Waals surface area contributed by atoms with Crippen molar-refractivity contribution in [2.45, 2.75) is 26.7 Å². The molecule has 0 aromatic rings. The molecular formula is C8H16N2O2. The zero-order chi connectivity index (χ0) is 9.78. The highest BCUT2D eigenvalue weighted by molar-refractivity contribution is 5.79. The topological polar surface area (TPSA) is 72.2 Å². The molecule has 0 bridgehead atoms. The number of hydrogen-bond acceptors (Lipinski definition) is 2. The maximum atomic E-state index is 10.9. The molecule has 0 aliphatic heterocycles. The van der Waals surface area contributed by atoms with E-state index in [1.807, 2.05) is 13.8 Å². The Kier molecular flexibility index (Phi) is 3.73. The largest absolute Gasteiger partial charge is 0.370 e. The molecule has 2 amide bonds. The van der Waals surface area contributed by atoms with Crippen LogP contribution in [0.15, 0.2) is 0 Å². The fraction of sp³-hybridized carbons (Fsp3) is 0.750. The van der Waals surface area contributed by atoms with Gasteiger partial charge in [0.25, 0.3) is 0 Å². The third-order valence-electron chi connectivity index (χ3n) is 1.57. The minimum atomic E-state index is -0.371. The summed E-state index contributed by atoms with van der Waals surface area (Å²) in [6.07, 6.45) is 0.562. The van der Waals surface area contributed by atoms with Crippen LogP contribution in [0.1, 0.15) is 26.7 Å². The first-order valence-electron chi connectivity index (χ1n) is 3.86. The van der Waals surface area contributed by atoms with Crippen molar-refractivity contribution in [1.29, 1.82) is 0 Å². The SMILES string of the molecule is CNC(=O)CC(C)(C)CC(N)=O. The minimum Gasteiger partial charge on any atom is -0.370 e. The molecular weight excluding hydrogens is 156 g/mol. The van der Waals surface area contributed by atoms with Crippen molar-refractivity contribution in [2.24, 2.45) is 11.1 Å². The second kappa shape index (κ2) is 4.09. The fourth-order valence-corrected chi connectivity index (χ4v) is 1.06. The molecule has 0 spiro atoms. The Morgan fingerprint density at radius 3 is 2.17 bits per heavy atom. The van der Waals surface area contributed by atoms with Gasteiger partial charge in [0.05, 0.1) is 0 Å². The molecule has 0 aliphatic carbocycles. The summed E-state index contributed by atoms with van der Waals surface area (Å²) in [5.74, 6) is -0.440. The van der Waals surface area contributed by atoms with Gasteiger partial charge in [-0.2, -0.15) is 0 Å². The third kappa shape index (κ3) is 4.71. The fourth-order valence-electron chi connectivity index (χ4n) is 1.06. The Bertz CT molecular complexity index is 187. The van der Waals surface area contributed by atoms with E-state index in [0.29, 0.717) is 6.42 Å². The van der Waals surface area contributed by atoms with E-state index in [2.05, 4.69) is 5.32 Å². The van der Waals surface area contributed by atoms with Gasteiger partial charge in [-0.15, -0.1) is 0 Å². The first-order valence-corrected chi connectivity index (χ1v) is 3.86. The summed E-state index contributed by atoms with van der Waals surface area (Å²) < 4.78 is 0. The van der Waals surface area contributed by atoms with Crippen molar-refractivity contribution in [1.82, 2.24) is 5.32 Å². The predicted octanol–water partition coefficient (Wildman–Crippen LogP) is 0.0241. The molecule has 0 saturated carbocycles. The van der Waals surface area contributed by atoms with Crippen LogP contribution in [0.25, 0.3) is 0 Å². The average molecular weight is 172 g/mol. The van der Waals surface area contributed by atoms with Gasteiger partial charge in [0, 0.05) is 19.9 Å². The number of rotatable bonds is 4. The summed E-state index contributed by atoms with van der Waals surface area (Å²) in [7, 11) is 1.57. The Labute approximate surface area is 72.5 Å². The minimum absolute atomic E-state index is 0.0683. The second-order valence-electron chi connectivity index (χ2n) is 3.66. The van der Waals surface area contributed by atoms with E-state index < -0.39 is 0 Å². The standard InChI is InChI=1S/C8H16N2O2/c1-8(2,4-6(9)11)5-7(12)10-3/h4-5H2,1-3H3,(H2,9,11)(H,10,12). The predicted molar refractivity (Wildman–Crippen MR) is 46.3 cm³/mol. The Hall–Kier alpha value is -1.06. The van der Waals surface area contributed by atoms with Crippen molar-refractivity contribution >= 4 is 11.8 Å². The molecule has 0 fully saturated rings. The van der Waals surface area contributed by atoms with Gasteiger partial charge < -0.3 is 11.1 Å². The number of nitrogens with one attached hydrogen (secondary N) is 1. The van der Waals surface area contributed by atoms with Gasteiger partial charge in [-0.3, -0.25) is 9.59 Å². The zero-order valence-corrected chi connectivity index (χ0v) is 7.81. The summed E-state index contributed by atoms with van der Waals surface area (Å²) in [6, 6.07) is 0. The highest BCUT2D eigenvalue weighted by atomic mass is 16.2. The van der Waals surface area contributed by atoms with Crippen LogP contribution in [-0.2, 0) is 9.59 Å². The van der Waals surface area contributed by atoms with Gasteiger partial charge in [-0.1, -0.05) is 13.8 Å². The molecule has 4 nitrogen and oxygen atoms in total. The first-order chi connectivity index (χ1) is 5.37. The summed E-state index contributed by atoms with van der Waals surface area (Å²) in [6.45, 7) is 3.68. The number of nitrogens with two attached hydrogens (primary N) is 1. The molecule has 0 unspecified atom stereocenters. The van der Waals surface area contributed by atoms with Crippen molar-refractivity contribution < 1.29 is 9.59 Å². The van der Waals surface area contributed by atoms with Crippen LogP contribution in [0.3, 0.4) is 0 Å². The van der Waals surface area contributed by atoms with Crippen LogP contribution in [0.4, 0.5) is 0 Å². The second-order valence-corrected chi connectivity index (χ2v) is 3.66. The maximum Gasteiger partial charge on any atom is 0.220 e. The van der Waals surface area contributed by atoms with Crippen LogP contribution in [-0.4, -0.2) is 18.9 Å². The van der Waals surface area contributed by atoms with Crippen LogP contribution < -0.4 is 11.1 Å². The van der Waals surface area contributed by atoms with Gasteiger partial charge in [0.1, 0.15) is 0 Å². The zero-order valence-electron chi connectivity index (χ0n) is 7.81. The molecule has 0 aromatic carbocycles. The van der Waals surface area contributed by atoms with Gasteiger partial charge >= 0.3 is 0 Å². The van der Waals surface area contributed by atoms with Crippen LogP contribution in [0.5, 0.6) is 0 Å². The molecule has 0 aromatic heterocycles. The van der Waals surface area contributed by atoms with Gasteiger partial charge in [-0.05, 0) is 5.41 Å². The van der Waals surface area contributed by atoms with Crippen molar-refractivity contribution in [2.75, 3.05) is 7.05 Å². The third-order valence-corrected chi connectivity index (χ3v) is 1.57. The number of hydrogen-bond donors (Lipinski definition) is 2. The summed E-state index contributed by atoms with van der Waals surface area (Å²) in [5.41, 5.74) is 4.68. The van der Waals surface area contributed by atoms with E-state index in [4.69, 9.17) is 5.73 Å². The number of primary amides is 1. The van der Waals surface area contributed by atoms with Gasteiger partial charge in [-0.25, -0.2) is 0 Å². The monoisotopic (exact) mass is 172 g/mol. The average Bonchev–Trinajstić information content (AvgIpc) is 1.83. The lowest BCUT2D eigenvalue weighted by molar-refractivity contribution is -0.124.